The fraction of sp³-hybridized carbons (Fsp3) is 0.300. The van der Waals surface area contributed by atoms with Crippen molar-refractivity contribution in [3.8, 4) is 11.5 Å². The van der Waals surface area contributed by atoms with Crippen LogP contribution >= 0.6 is 0 Å². The molecule has 0 atom stereocenters. The van der Waals surface area contributed by atoms with Crippen molar-refractivity contribution in [3.05, 3.63) is 53.1 Å². The molecule has 0 aromatic heterocycles. The van der Waals surface area contributed by atoms with E-state index in [-0.39, 0.29) is 5.75 Å². The Hall–Kier alpha value is -3.07. The molecule has 0 radical (unpaired) electrons. The molecule has 9 heteroatoms. The van der Waals surface area contributed by atoms with Gasteiger partial charge in [-0.2, -0.15) is 5.10 Å². The third kappa shape index (κ3) is 6.49. The van der Waals surface area contributed by atoms with E-state index < -0.39 is 22.5 Å². The van der Waals surface area contributed by atoms with E-state index in [1.807, 2.05) is 19.9 Å². The molecule has 0 aliphatic carbocycles. The standard InChI is InChI=1S/C20H25N3O5S/c1-5-28-19-11-16(6-7-18(19)24)12-21-22-20(25)13-23(29(4,26)27)17-9-14(2)8-15(3)10-17/h6-12,24H,5,13H2,1-4H3,(H,22,25)/b21-12-. The van der Waals surface area contributed by atoms with E-state index in [1.54, 1.807) is 31.2 Å². The number of nitrogens with zero attached hydrogens (tertiary/aromatic N) is 2. The maximum Gasteiger partial charge on any atom is 0.260 e. The highest BCUT2D eigenvalue weighted by Gasteiger charge is 2.21. The normalized spacial score (nSPS) is 11.4. The number of hydrazone groups is 1. The summed E-state index contributed by atoms with van der Waals surface area (Å²) in [4.78, 5) is 12.3. The molecule has 0 fully saturated rings. The predicted molar refractivity (Wildman–Crippen MR) is 113 cm³/mol. The van der Waals surface area contributed by atoms with E-state index in [1.165, 1.54) is 12.3 Å². The smallest absolute Gasteiger partial charge is 0.260 e. The minimum atomic E-state index is -3.66. The van der Waals surface area contributed by atoms with Crippen molar-refractivity contribution >= 4 is 27.8 Å². The molecule has 0 aliphatic heterocycles. The molecule has 0 heterocycles. The lowest BCUT2D eigenvalue weighted by Crippen LogP contribution is -2.39. The number of sulfonamides is 1. The Labute approximate surface area is 170 Å². The molecule has 2 N–H and O–H groups in total. The molecule has 1 amide bonds. The fourth-order valence-electron chi connectivity index (χ4n) is 2.72. The molecule has 2 aromatic carbocycles. The number of ether oxygens (including phenoxy) is 1. The first-order valence-electron chi connectivity index (χ1n) is 8.94. The summed E-state index contributed by atoms with van der Waals surface area (Å²) in [6, 6.07) is 9.97. The summed E-state index contributed by atoms with van der Waals surface area (Å²) in [5.41, 5.74) is 5.12. The maximum absolute atomic E-state index is 12.3. The van der Waals surface area contributed by atoms with Gasteiger partial charge in [-0.05, 0) is 67.8 Å². The lowest BCUT2D eigenvalue weighted by atomic mass is 10.1. The number of aromatic hydroxyl groups is 1. The third-order valence-corrected chi connectivity index (χ3v) is 5.01. The molecule has 29 heavy (non-hydrogen) atoms. The van der Waals surface area contributed by atoms with Crippen LogP contribution < -0.4 is 14.5 Å². The summed E-state index contributed by atoms with van der Waals surface area (Å²) >= 11 is 0. The molecular formula is C20H25N3O5S. The number of amides is 1. The van der Waals surface area contributed by atoms with Gasteiger partial charge in [-0.1, -0.05) is 6.07 Å². The summed E-state index contributed by atoms with van der Waals surface area (Å²) in [6.45, 7) is 5.50. The first-order valence-corrected chi connectivity index (χ1v) is 10.8. The van der Waals surface area contributed by atoms with Crippen molar-refractivity contribution in [1.29, 1.82) is 0 Å². The highest BCUT2D eigenvalue weighted by molar-refractivity contribution is 7.92. The van der Waals surface area contributed by atoms with Crippen molar-refractivity contribution in [2.45, 2.75) is 20.8 Å². The lowest BCUT2D eigenvalue weighted by molar-refractivity contribution is -0.119. The second-order valence-electron chi connectivity index (χ2n) is 6.57. The van der Waals surface area contributed by atoms with Crippen LogP contribution in [-0.4, -0.2) is 45.1 Å². The van der Waals surface area contributed by atoms with Crippen LogP contribution in [-0.2, 0) is 14.8 Å². The molecule has 156 valence electrons. The molecule has 0 unspecified atom stereocenters. The Balaban J connectivity index is 2.11. The minimum absolute atomic E-state index is 0.00489. The molecule has 0 saturated heterocycles. The second-order valence-corrected chi connectivity index (χ2v) is 8.48. The Morgan fingerprint density at radius 2 is 1.86 bits per heavy atom. The number of carbonyl (C=O) groups excluding carboxylic acids is 1. The van der Waals surface area contributed by atoms with Gasteiger partial charge in [0.15, 0.2) is 11.5 Å². The zero-order chi connectivity index (χ0) is 21.6. The Bertz CT molecular complexity index is 999. The zero-order valence-corrected chi connectivity index (χ0v) is 17.7. The zero-order valence-electron chi connectivity index (χ0n) is 16.8. The van der Waals surface area contributed by atoms with Crippen molar-refractivity contribution in [3.63, 3.8) is 0 Å². The Kier molecular flexibility index (Phi) is 7.22. The quantitative estimate of drug-likeness (QED) is 0.504. The van der Waals surface area contributed by atoms with Crippen LogP contribution in [0.25, 0.3) is 0 Å². The van der Waals surface area contributed by atoms with Gasteiger partial charge in [-0.15, -0.1) is 0 Å². The number of phenols is 1. The lowest BCUT2D eigenvalue weighted by Gasteiger charge is -2.22. The summed E-state index contributed by atoms with van der Waals surface area (Å²) in [5, 5.41) is 13.6. The summed E-state index contributed by atoms with van der Waals surface area (Å²) in [5.74, 6) is -0.277. The van der Waals surface area contributed by atoms with E-state index in [4.69, 9.17) is 4.74 Å². The van der Waals surface area contributed by atoms with Gasteiger partial charge in [-0.25, -0.2) is 13.8 Å². The fourth-order valence-corrected chi connectivity index (χ4v) is 3.56. The summed E-state index contributed by atoms with van der Waals surface area (Å²) in [7, 11) is -3.66. The first-order chi connectivity index (χ1) is 13.6. The van der Waals surface area contributed by atoms with E-state index in [0.717, 1.165) is 21.7 Å². The van der Waals surface area contributed by atoms with Gasteiger partial charge in [0, 0.05) is 0 Å². The number of nitrogens with one attached hydrogen (secondary N) is 1. The van der Waals surface area contributed by atoms with Crippen LogP contribution in [0.4, 0.5) is 5.69 Å². The van der Waals surface area contributed by atoms with Crippen molar-refractivity contribution < 1.29 is 23.1 Å². The number of benzene rings is 2. The maximum atomic E-state index is 12.3. The molecule has 0 bridgehead atoms. The Morgan fingerprint density at radius 3 is 2.45 bits per heavy atom. The topological polar surface area (TPSA) is 108 Å². The average Bonchev–Trinajstić information content (AvgIpc) is 2.60. The van der Waals surface area contributed by atoms with Crippen LogP contribution in [0.5, 0.6) is 11.5 Å². The SMILES string of the molecule is CCOc1cc(/C=N\NC(=O)CN(c2cc(C)cc(C)c2)S(C)(=O)=O)ccc1O. The minimum Gasteiger partial charge on any atom is -0.504 e. The van der Waals surface area contributed by atoms with E-state index >= 15 is 0 Å². The van der Waals surface area contributed by atoms with Crippen molar-refractivity contribution in [2.75, 3.05) is 23.7 Å². The first kappa shape index (κ1) is 22.2. The van der Waals surface area contributed by atoms with Gasteiger partial charge < -0.3 is 9.84 Å². The highest BCUT2D eigenvalue weighted by Crippen LogP contribution is 2.26. The molecule has 0 aliphatic rings. The van der Waals surface area contributed by atoms with Crippen LogP contribution in [0.1, 0.15) is 23.6 Å². The molecule has 0 spiro atoms. The molecular weight excluding hydrogens is 394 g/mol. The number of carbonyl (C=O) groups is 1. The third-order valence-electron chi connectivity index (χ3n) is 3.87. The predicted octanol–water partition coefficient (Wildman–Crippen LogP) is 2.32. The van der Waals surface area contributed by atoms with Crippen molar-refractivity contribution in [2.24, 2.45) is 5.10 Å². The van der Waals surface area contributed by atoms with Gasteiger partial charge in [0.05, 0.1) is 24.8 Å². The monoisotopic (exact) mass is 419 g/mol. The van der Waals surface area contributed by atoms with E-state index in [0.29, 0.717) is 23.6 Å². The highest BCUT2D eigenvalue weighted by atomic mass is 32.2. The largest absolute Gasteiger partial charge is 0.504 e. The van der Waals surface area contributed by atoms with Gasteiger partial charge in [0.2, 0.25) is 10.0 Å². The summed E-state index contributed by atoms with van der Waals surface area (Å²) < 4.78 is 30.7. The van der Waals surface area contributed by atoms with Gasteiger partial charge >= 0.3 is 0 Å². The van der Waals surface area contributed by atoms with Crippen LogP contribution in [0.3, 0.4) is 0 Å². The van der Waals surface area contributed by atoms with Gasteiger partial charge in [0.1, 0.15) is 6.54 Å². The molecule has 2 rings (SSSR count). The Morgan fingerprint density at radius 1 is 1.21 bits per heavy atom. The molecule has 8 nitrogen and oxygen atoms in total. The molecule has 0 saturated carbocycles. The number of aryl methyl sites for hydroxylation is 2. The number of phenolic OH excluding ortho intramolecular Hbond substituents is 1. The average molecular weight is 420 g/mol. The van der Waals surface area contributed by atoms with Gasteiger partial charge in [-0.3, -0.25) is 9.10 Å². The summed E-state index contributed by atoms with van der Waals surface area (Å²) in [6.07, 6.45) is 2.42. The van der Waals surface area contributed by atoms with Gasteiger partial charge in [0.25, 0.3) is 5.91 Å². The number of hydrogen-bond donors (Lipinski definition) is 2. The van der Waals surface area contributed by atoms with E-state index in [9.17, 15) is 18.3 Å². The number of anilines is 1. The van der Waals surface area contributed by atoms with Crippen LogP contribution in [0.15, 0.2) is 41.5 Å². The second kappa shape index (κ2) is 9.42. The number of hydrogen-bond acceptors (Lipinski definition) is 6. The number of rotatable bonds is 8. The van der Waals surface area contributed by atoms with Crippen molar-refractivity contribution in [1.82, 2.24) is 5.43 Å². The van der Waals surface area contributed by atoms with Crippen LogP contribution in [0, 0.1) is 13.8 Å². The van der Waals surface area contributed by atoms with E-state index in [2.05, 4.69) is 10.5 Å². The molecule has 2 aromatic rings. The van der Waals surface area contributed by atoms with Crippen LogP contribution in [0.2, 0.25) is 0 Å².